The fourth-order valence-electron chi connectivity index (χ4n) is 2.45. The molecule has 1 aliphatic heterocycles. The number of nitrogens with one attached hydrogen (secondary N) is 1. The molecule has 0 spiro atoms. The largest absolute Gasteiger partial charge is 0.460 e. The average molecular weight is 330 g/mol. The molecule has 0 amide bonds. The van der Waals surface area contributed by atoms with E-state index < -0.39 is 37.3 Å². The summed E-state index contributed by atoms with van der Waals surface area (Å²) in [5.74, 6) is 0.377. The first-order valence-corrected chi connectivity index (χ1v) is 7.13. The molecule has 2 heterocycles. The molecular formula is C14H16ClNO6. The zero-order valence-corrected chi connectivity index (χ0v) is 12.1. The molecule has 1 saturated heterocycles. The van der Waals surface area contributed by atoms with Gasteiger partial charge in [0.05, 0.1) is 6.61 Å². The lowest BCUT2D eigenvalue weighted by atomic mass is 9.99. The van der Waals surface area contributed by atoms with Crippen molar-refractivity contribution in [1.82, 2.24) is 4.98 Å². The van der Waals surface area contributed by atoms with Gasteiger partial charge in [-0.3, -0.25) is 0 Å². The minimum atomic E-state index is -1.48. The maximum Gasteiger partial charge on any atom is 0.229 e. The van der Waals surface area contributed by atoms with E-state index in [1.807, 2.05) is 0 Å². The van der Waals surface area contributed by atoms with E-state index in [9.17, 15) is 15.3 Å². The molecule has 0 unspecified atom stereocenters. The predicted molar refractivity (Wildman–Crippen MR) is 77.7 cm³/mol. The quantitative estimate of drug-likeness (QED) is 0.541. The number of ether oxygens (including phenoxy) is 2. The van der Waals surface area contributed by atoms with Gasteiger partial charge in [0.2, 0.25) is 6.29 Å². The number of halogens is 1. The third-order valence-electron chi connectivity index (χ3n) is 3.70. The van der Waals surface area contributed by atoms with Gasteiger partial charge in [-0.25, -0.2) is 0 Å². The summed E-state index contributed by atoms with van der Waals surface area (Å²) >= 11 is 5.95. The highest BCUT2D eigenvalue weighted by Crippen LogP contribution is 2.31. The summed E-state index contributed by atoms with van der Waals surface area (Å²) in [6.07, 6.45) is -5.03. The van der Waals surface area contributed by atoms with Crippen LogP contribution in [-0.4, -0.2) is 62.7 Å². The summed E-state index contributed by atoms with van der Waals surface area (Å²) < 4.78 is 10.9. The number of hydrogen-bond donors (Lipinski definition) is 5. The number of aliphatic hydroxyl groups is 4. The first-order valence-electron chi connectivity index (χ1n) is 6.75. The molecule has 1 aromatic heterocycles. The molecule has 0 aliphatic carbocycles. The molecule has 1 aliphatic rings. The van der Waals surface area contributed by atoms with Crippen LogP contribution in [0, 0.1) is 0 Å². The number of fused-ring (bicyclic) bond motifs is 1. The highest BCUT2D eigenvalue weighted by atomic mass is 35.5. The van der Waals surface area contributed by atoms with Crippen LogP contribution in [0.5, 0.6) is 5.75 Å². The summed E-state index contributed by atoms with van der Waals surface area (Å²) in [4.78, 5) is 2.98. The van der Waals surface area contributed by atoms with Crippen molar-refractivity contribution in [2.75, 3.05) is 6.61 Å². The summed E-state index contributed by atoms with van der Waals surface area (Å²) in [6, 6.07) is 5.18. The highest BCUT2D eigenvalue weighted by molar-refractivity contribution is 6.31. The summed E-state index contributed by atoms with van der Waals surface area (Å²) in [5, 5.41) is 39.8. The molecule has 3 rings (SSSR count). The second-order valence-corrected chi connectivity index (χ2v) is 5.59. The van der Waals surface area contributed by atoms with Crippen molar-refractivity contribution < 1.29 is 29.9 Å². The van der Waals surface area contributed by atoms with E-state index in [2.05, 4.69) is 4.98 Å². The van der Waals surface area contributed by atoms with Crippen molar-refractivity contribution in [1.29, 1.82) is 0 Å². The Bertz CT molecular complexity index is 660. The van der Waals surface area contributed by atoms with Gasteiger partial charge in [0.1, 0.15) is 30.2 Å². The van der Waals surface area contributed by atoms with Crippen molar-refractivity contribution in [3.8, 4) is 5.75 Å². The van der Waals surface area contributed by atoms with E-state index in [1.54, 1.807) is 24.4 Å². The van der Waals surface area contributed by atoms with Crippen LogP contribution < -0.4 is 4.74 Å². The van der Waals surface area contributed by atoms with E-state index in [0.717, 1.165) is 5.52 Å². The molecule has 1 aromatic carbocycles. The lowest BCUT2D eigenvalue weighted by molar-refractivity contribution is -0.277. The monoisotopic (exact) mass is 329 g/mol. The maximum atomic E-state index is 9.97. The standard InChI is InChI=1S/C14H16ClNO6/c15-6-1-2-8-7(3-6)9(4-16-8)21-14-13(20)12(19)11(18)10(5-17)22-14/h1-4,10-14,16-20H,5H2/t10-,11-,12+,13-,14-/m0/s1. The second kappa shape index (κ2) is 6.04. The molecule has 2 aromatic rings. The van der Waals surface area contributed by atoms with Gasteiger partial charge >= 0.3 is 0 Å². The topological polar surface area (TPSA) is 115 Å². The first kappa shape index (κ1) is 15.5. The van der Waals surface area contributed by atoms with Crippen LogP contribution in [0.2, 0.25) is 5.02 Å². The second-order valence-electron chi connectivity index (χ2n) is 5.16. The third kappa shape index (κ3) is 2.67. The van der Waals surface area contributed by atoms with Crippen LogP contribution in [0.15, 0.2) is 24.4 Å². The molecule has 5 N–H and O–H groups in total. The van der Waals surface area contributed by atoms with Crippen LogP contribution in [0.25, 0.3) is 10.9 Å². The Kier molecular flexibility index (Phi) is 4.26. The Labute approximate surface area is 130 Å². The van der Waals surface area contributed by atoms with Crippen LogP contribution in [0.1, 0.15) is 0 Å². The highest BCUT2D eigenvalue weighted by Gasteiger charge is 2.44. The van der Waals surface area contributed by atoms with Crippen molar-refractivity contribution in [2.24, 2.45) is 0 Å². The minimum Gasteiger partial charge on any atom is -0.460 e. The molecule has 0 saturated carbocycles. The van der Waals surface area contributed by atoms with E-state index in [1.165, 1.54) is 0 Å². The van der Waals surface area contributed by atoms with Crippen LogP contribution >= 0.6 is 11.6 Å². The number of aliphatic hydroxyl groups excluding tert-OH is 4. The Balaban J connectivity index is 1.85. The van der Waals surface area contributed by atoms with Crippen LogP contribution in [0.4, 0.5) is 0 Å². The Hall–Kier alpha value is -1.35. The minimum absolute atomic E-state index is 0.377. The molecule has 5 atom stereocenters. The van der Waals surface area contributed by atoms with Crippen molar-refractivity contribution in [3.05, 3.63) is 29.4 Å². The maximum absolute atomic E-state index is 9.97. The summed E-state index contributed by atoms with van der Waals surface area (Å²) in [7, 11) is 0. The molecule has 1 fully saturated rings. The molecule has 8 heteroatoms. The van der Waals surface area contributed by atoms with Crippen molar-refractivity contribution in [2.45, 2.75) is 30.7 Å². The number of aromatic amines is 1. The van der Waals surface area contributed by atoms with Gasteiger partial charge in [-0.15, -0.1) is 0 Å². The summed E-state index contributed by atoms with van der Waals surface area (Å²) in [5.41, 5.74) is 0.781. The molecule has 0 bridgehead atoms. The Morgan fingerprint density at radius 3 is 2.68 bits per heavy atom. The lowest BCUT2D eigenvalue weighted by Crippen LogP contribution is -2.60. The smallest absolute Gasteiger partial charge is 0.229 e. The van der Waals surface area contributed by atoms with E-state index in [4.69, 9.17) is 26.2 Å². The number of benzene rings is 1. The number of aromatic nitrogens is 1. The average Bonchev–Trinajstić information content (AvgIpc) is 2.90. The Morgan fingerprint density at radius 2 is 1.95 bits per heavy atom. The van der Waals surface area contributed by atoms with E-state index >= 15 is 0 Å². The molecule has 120 valence electrons. The fraction of sp³-hybridized carbons (Fsp3) is 0.429. The molecule has 0 radical (unpaired) electrons. The van der Waals surface area contributed by atoms with Gasteiger partial charge in [0.25, 0.3) is 0 Å². The van der Waals surface area contributed by atoms with Gasteiger partial charge in [0.15, 0.2) is 0 Å². The zero-order valence-electron chi connectivity index (χ0n) is 11.4. The number of rotatable bonds is 3. The Morgan fingerprint density at radius 1 is 1.18 bits per heavy atom. The van der Waals surface area contributed by atoms with Gasteiger partial charge < -0.3 is 34.9 Å². The zero-order chi connectivity index (χ0) is 15.9. The third-order valence-corrected chi connectivity index (χ3v) is 3.93. The first-order chi connectivity index (χ1) is 10.5. The summed E-state index contributed by atoms with van der Waals surface area (Å²) in [6.45, 7) is -0.509. The predicted octanol–water partition coefficient (Wildman–Crippen LogP) is -0.000000000000000278. The normalized spacial score (nSPS) is 32.3. The van der Waals surface area contributed by atoms with Crippen molar-refractivity contribution in [3.63, 3.8) is 0 Å². The van der Waals surface area contributed by atoms with E-state index in [0.29, 0.717) is 16.2 Å². The van der Waals surface area contributed by atoms with Gasteiger partial charge in [-0.2, -0.15) is 0 Å². The lowest BCUT2D eigenvalue weighted by Gasteiger charge is -2.39. The van der Waals surface area contributed by atoms with Crippen molar-refractivity contribution >= 4 is 22.5 Å². The molecule has 7 nitrogen and oxygen atoms in total. The number of hydrogen-bond acceptors (Lipinski definition) is 6. The molecular weight excluding hydrogens is 314 g/mol. The van der Waals surface area contributed by atoms with Crippen LogP contribution in [-0.2, 0) is 4.74 Å². The molecule has 22 heavy (non-hydrogen) atoms. The van der Waals surface area contributed by atoms with Gasteiger partial charge in [0, 0.05) is 22.1 Å². The van der Waals surface area contributed by atoms with Gasteiger partial charge in [-0.1, -0.05) is 11.6 Å². The fourth-order valence-corrected chi connectivity index (χ4v) is 2.63. The van der Waals surface area contributed by atoms with E-state index in [-0.39, 0.29) is 0 Å². The number of H-pyrrole nitrogens is 1. The van der Waals surface area contributed by atoms with Crippen LogP contribution in [0.3, 0.4) is 0 Å². The van der Waals surface area contributed by atoms with Gasteiger partial charge in [-0.05, 0) is 18.2 Å². The SMILES string of the molecule is OC[C@@H]1O[C@H](Oc2c[nH]c3ccc(Cl)cc23)[C@@H](O)[C@H](O)[C@H]1O.